The van der Waals surface area contributed by atoms with Crippen LogP contribution >= 0.6 is 0 Å². The molecule has 1 saturated heterocycles. The van der Waals surface area contributed by atoms with Crippen molar-refractivity contribution in [3.8, 4) is 0 Å². The minimum absolute atomic E-state index is 0.760. The Hall–Kier alpha value is -0.940. The van der Waals surface area contributed by atoms with Gasteiger partial charge >= 0.3 is 0 Å². The Morgan fingerprint density at radius 1 is 1.67 bits per heavy atom. The van der Waals surface area contributed by atoms with Crippen LogP contribution in [0, 0.1) is 5.92 Å². The van der Waals surface area contributed by atoms with E-state index in [0.29, 0.717) is 0 Å². The zero-order valence-electron chi connectivity index (χ0n) is 9.15. The fourth-order valence-electron chi connectivity index (χ4n) is 2.21. The fourth-order valence-corrected chi connectivity index (χ4v) is 2.21. The van der Waals surface area contributed by atoms with E-state index >= 15 is 0 Å². The van der Waals surface area contributed by atoms with E-state index in [0.717, 1.165) is 37.9 Å². The Kier molecular flexibility index (Phi) is 3.69. The van der Waals surface area contributed by atoms with Crippen molar-refractivity contribution in [2.75, 3.05) is 26.7 Å². The molecular weight excluding hydrogens is 192 g/mol. The molecule has 5 nitrogen and oxygen atoms in total. The van der Waals surface area contributed by atoms with Gasteiger partial charge < -0.3 is 9.84 Å². The molecular formula is C10H18N4O. The van der Waals surface area contributed by atoms with E-state index in [9.17, 15) is 0 Å². The van der Waals surface area contributed by atoms with Crippen molar-refractivity contribution in [3.05, 3.63) is 12.2 Å². The van der Waals surface area contributed by atoms with Crippen molar-refractivity contribution >= 4 is 0 Å². The summed E-state index contributed by atoms with van der Waals surface area (Å²) in [6.45, 7) is 4.20. The molecule has 0 radical (unpaired) electrons. The summed E-state index contributed by atoms with van der Waals surface area (Å²) in [5.41, 5.74) is 0. The SMILES string of the molecule is CNCC1CCCN(Cc2ncon2)C1. The average molecular weight is 210 g/mol. The highest BCUT2D eigenvalue weighted by atomic mass is 16.5. The second-order valence-corrected chi connectivity index (χ2v) is 4.15. The van der Waals surface area contributed by atoms with Crippen LogP contribution in [0.4, 0.5) is 0 Å². The number of hydrogen-bond donors (Lipinski definition) is 1. The van der Waals surface area contributed by atoms with Crippen molar-refractivity contribution < 1.29 is 4.52 Å². The number of likely N-dealkylation sites (tertiary alicyclic amines) is 1. The summed E-state index contributed by atoms with van der Waals surface area (Å²) in [5.74, 6) is 1.55. The largest absolute Gasteiger partial charge is 0.343 e. The number of nitrogens with one attached hydrogen (secondary N) is 1. The van der Waals surface area contributed by atoms with Gasteiger partial charge in [0.25, 0.3) is 0 Å². The molecule has 1 fully saturated rings. The van der Waals surface area contributed by atoms with Crippen LogP contribution in [0.25, 0.3) is 0 Å². The molecule has 0 aromatic carbocycles. The molecule has 1 atom stereocenters. The molecule has 15 heavy (non-hydrogen) atoms. The van der Waals surface area contributed by atoms with E-state index in [1.54, 1.807) is 0 Å². The Bertz CT molecular complexity index is 273. The third kappa shape index (κ3) is 3.00. The molecule has 1 aliphatic rings. The summed E-state index contributed by atoms with van der Waals surface area (Å²) in [4.78, 5) is 6.45. The van der Waals surface area contributed by atoms with Crippen molar-refractivity contribution in [3.63, 3.8) is 0 Å². The molecule has 0 bridgehead atoms. The molecule has 2 heterocycles. The maximum absolute atomic E-state index is 4.73. The summed E-state index contributed by atoms with van der Waals surface area (Å²) in [6, 6.07) is 0. The lowest BCUT2D eigenvalue weighted by atomic mass is 9.98. The number of nitrogens with zero attached hydrogens (tertiary/aromatic N) is 3. The number of rotatable bonds is 4. The fraction of sp³-hybridized carbons (Fsp3) is 0.800. The van der Waals surface area contributed by atoms with E-state index in [1.807, 2.05) is 7.05 Å². The van der Waals surface area contributed by atoms with Gasteiger partial charge in [0.15, 0.2) is 5.82 Å². The van der Waals surface area contributed by atoms with E-state index in [1.165, 1.54) is 19.2 Å². The van der Waals surface area contributed by atoms with Gasteiger partial charge in [-0.15, -0.1) is 0 Å². The van der Waals surface area contributed by atoms with Crippen LogP contribution in [0.2, 0.25) is 0 Å². The zero-order chi connectivity index (χ0) is 10.5. The minimum atomic E-state index is 0.760. The first-order valence-electron chi connectivity index (χ1n) is 5.50. The molecule has 0 spiro atoms. The van der Waals surface area contributed by atoms with E-state index < -0.39 is 0 Å². The Morgan fingerprint density at radius 2 is 2.60 bits per heavy atom. The van der Waals surface area contributed by atoms with Gasteiger partial charge in [0.2, 0.25) is 6.39 Å². The topological polar surface area (TPSA) is 54.2 Å². The predicted molar refractivity (Wildman–Crippen MR) is 56.2 cm³/mol. The van der Waals surface area contributed by atoms with Gasteiger partial charge in [-0.3, -0.25) is 4.90 Å². The van der Waals surface area contributed by atoms with E-state index in [2.05, 4.69) is 20.4 Å². The number of piperidine rings is 1. The lowest BCUT2D eigenvalue weighted by Crippen LogP contribution is -2.38. The third-order valence-electron chi connectivity index (χ3n) is 2.87. The molecule has 1 N–H and O–H groups in total. The average Bonchev–Trinajstić information content (AvgIpc) is 2.71. The maximum Gasteiger partial charge on any atom is 0.213 e. The highest BCUT2D eigenvalue weighted by Crippen LogP contribution is 2.16. The highest BCUT2D eigenvalue weighted by molar-refractivity contribution is 4.81. The summed E-state index contributed by atoms with van der Waals surface area (Å²) in [7, 11) is 2.01. The first-order chi connectivity index (χ1) is 7.38. The molecule has 84 valence electrons. The summed E-state index contributed by atoms with van der Waals surface area (Å²) in [5, 5.41) is 7.08. The summed E-state index contributed by atoms with van der Waals surface area (Å²) in [6.07, 6.45) is 3.98. The summed E-state index contributed by atoms with van der Waals surface area (Å²) >= 11 is 0. The first-order valence-corrected chi connectivity index (χ1v) is 5.50. The monoisotopic (exact) mass is 210 g/mol. The molecule has 1 unspecified atom stereocenters. The normalized spacial score (nSPS) is 23.1. The molecule has 5 heteroatoms. The lowest BCUT2D eigenvalue weighted by molar-refractivity contribution is 0.162. The third-order valence-corrected chi connectivity index (χ3v) is 2.87. The van der Waals surface area contributed by atoms with Gasteiger partial charge in [0.1, 0.15) is 0 Å². The van der Waals surface area contributed by atoms with Gasteiger partial charge in [-0.2, -0.15) is 4.98 Å². The molecule has 0 saturated carbocycles. The molecule has 0 amide bonds. The standard InChI is InChI=1S/C10H18N4O/c1-11-5-9-3-2-4-14(6-9)7-10-12-8-15-13-10/h8-9,11H,2-7H2,1H3. The van der Waals surface area contributed by atoms with Crippen molar-refractivity contribution in [2.45, 2.75) is 19.4 Å². The second-order valence-electron chi connectivity index (χ2n) is 4.15. The van der Waals surface area contributed by atoms with E-state index in [-0.39, 0.29) is 0 Å². The van der Waals surface area contributed by atoms with Gasteiger partial charge in [0, 0.05) is 6.54 Å². The number of hydrogen-bond acceptors (Lipinski definition) is 5. The number of aromatic nitrogens is 2. The van der Waals surface area contributed by atoms with Crippen LogP contribution in [0.5, 0.6) is 0 Å². The van der Waals surface area contributed by atoms with Crippen LogP contribution in [0.15, 0.2) is 10.9 Å². The van der Waals surface area contributed by atoms with Gasteiger partial charge in [-0.25, -0.2) is 0 Å². The smallest absolute Gasteiger partial charge is 0.213 e. The summed E-state index contributed by atoms with van der Waals surface area (Å²) < 4.78 is 4.73. The molecule has 1 aromatic heterocycles. The van der Waals surface area contributed by atoms with Crippen molar-refractivity contribution in [1.29, 1.82) is 0 Å². The molecule has 1 aliphatic heterocycles. The minimum Gasteiger partial charge on any atom is -0.343 e. The molecule has 1 aromatic rings. The molecule has 2 rings (SSSR count). The van der Waals surface area contributed by atoms with Crippen LogP contribution in [-0.4, -0.2) is 41.7 Å². The second kappa shape index (κ2) is 5.23. The lowest BCUT2D eigenvalue weighted by Gasteiger charge is -2.31. The Morgan fingerprint density at radius 3 is 3.33 bits per heavy atom. The predicted octanol–water partition coefficient (Wildman–Crippen LogP) is 0.501. The zero-order valence-corrected chi connectivity index (χ0v) is 9.15. The Balaban J connectivity index is 1.82. The van der Waals surface area contributed by atoms with Crippen LogP contribution in [-0.2, 0) is 6.54 Å². The van der Waals surface area contributed by atoms with E-state index in [4.69, 9.17) is 4.52 Å². The van der Waals surface area contributed by atoms with Crippen LogP contribution < -0.4 is 5.32 Å². The maximum atomic E-state index is 4.73. The van der Waals surface area contributed by atoms with Crippen LogP contribution in [0.3, 0.4) is 0 Å². The van der Waals surface area contributed by atoms with Gasteiger partial charge in [-0.05, 0) is 38.9 Å². The quantitative estimate of drug-likeness (QED) is 0.784. The van der Waals surface area contributed by atoms with Crippen molar-refractivity contribution in [2.24, 2.45) is 5.92 Å². The van der Waals surface area contributed by atoms with Gasteiger partial charge in [0.05, 0.1) is 6.54 Å². The Labute approximate surface area is 89.8 Å². The molecule has 0 aliphatic carbocycles. The van der Waals surface area contributed by atoms with Crippen LogP contribution in [0.1, 0.15) is 18.7 Å². The van der Waals surface area contributed by atoms with Crippen molar-refractivity contribution in [1.82, 2.24) is 20.4 Å². The van der Waals surface area contributed by atoms with Gasteiger partial charge in [-0.1, -0.05) is 5.16 Å². The highest BCUT2D eigenvalue weighted by Gasteiger charge is 2.20. The first kappa shape index (κ1) is 10.6.